The fourth-order valence-electron chi connectivity index (χ4n) is 2.19. The first-order chi connectivity index (χ1) is 11.5. The number of guanidine groups is 1. The molecule has 142 valence electrons. The molecule has 0 radical (unpaired) electrons. The van der Waals surface area contributed by atoms with Gasteiger partial charge in [-0.1, -0.05) is 32.9 Å². The van der Waals surface area contributed by atoms with E-state index in [1.165, 1.54) is 0 Å². The normalized spacial score (nSPS) is 11.0. The van der Waals surface area contributed by atoms with Gasteiger partial charge in [-0.3, -0.25) is 4.79 Å². The maximum atomic E-state index is 11.7. The monoisotopic (exact) mass is 460 g/mol. The number of carbonyl (C=O) groups is 1. The highest BCUT2D eigenvalue weighted by Crippen LogP contribution is 2.12. The Morgan fingerprint density at radius 2 is 1.96 bits per heavy atom. The summed E-state index contributed by atoms with van der Waals surface area (Å²) < 4.78 is 0. The number of amides is 1. The first-order valence-corrected chi connectivity index (χ1v) is 8.96. The zero-order chi connectivity index (χ0) is 17.8. The average molecular weight is 460 g/mol. The molecular formula is C19H33IN4O. The lowest BCUT2D eigenvalue weighted by Crippen LogP contribution is -2.38. The van der Waals surface area contributed by atoms with Gasteiger partial charge in [-0.05, 0) is 43.4 Å². The summed E-state index contributed by atoms with van der Waals surface area (Å²) in [5.74, 6) is 1.56. The van der Waals surface area contributed by atoms with Crippen LogP contribution in [0, 0.1) is 5.92 Å². The van der Waals surface area contributed by atoms with Crippen LogP contribution in [0.3, 0.4) is 0 Å². The highest BCUT2D eigenvalue weighted by Gasteiger charge is 2.02. The standard InChI is InChI=1S/C19H32N4O.HI/c1-5-8-18(24)23-17-10-7-9-16(13-17)14-22-19(20-6-2)21-12-11-15(3)4;/h7,9-10,13,15H,5-6,8,11-12,14H2,1-4H3,(H,23,24)(H2,20,21,22);1H. The lowest BCUT2D eigenvalue weighted by molar-refractivity contribution is -0.116. The molecule has 0 fully saturated rings. The van der Waals surface area contributed by atoms with E-state index in [4.69, 9.17) is 0 Å². The number of aliphatic imine (C=N–C) groups is 1. The van der Waals surface area contributed by atoms with E-state index in [9.17, 15) is 4.79 Å². The van der Waals surface area contributed by atoms with Gasteiger partial charge in [0.2, 0.25) is 5.91 Å². The van der Waals surface area contributed by atoms with E-state index < -0.39 is 0 Å². The Kier molecular flexibility index (Phi) is 13.2. The minimum absolute atomic E-state index is 0. The molecule has 0 spiro atoms. The second-order valence-electron chi connectivity index (χ2n) is 6.30. The third-order valence-corrected chi connectivity index (χ3v) is 3.47. The summed E-state index contributed by atoms with van der Waals surface area (Å²) in [5.41, 5.74) is 1.91. The smallest absolute Gasteiger partial charge is 0.224 e. The molecule has 3 N–H and O–H groups in total. The summed E-state index contributed by atoms with van der Waals surface area (Å²) in [6.45, 7) is 10.8. The highest BCUT2D eigenvalue weighted by molar-refractivity contribution is 14.0. The summed E-state index contributed by atoms with van der Waals surface area (Å²) in [7, 11) is 0. The fraction of sp³-hybridized carbons (Fsp3) is 0.579. The average Bonchev–Trinajstić information content (AvgIpc) is 2.53. The van der Waals surface area contributed by atoms with Gasteiger partial charge in [0.15, 0.2) is 5.96 Å². The molecule has 1 amide bonds. The highest BCUT2D eigenvalue weighted by atomic mass is 127. The molecule has 0 unspecified atom stereocenters. The van der Waals surface area contributed by atoms with Crippen LogP contribution in [0.15, 0.2) is 29.3 Å². The molecule has 0 aliphatic carbocycles. The predicted molar refractivity (Wildman–Crippen MR) is 118 cm³/mol. The summed E-state index contributed by atoms with van der Waals surface area (Å²) in [6, 6.07) is 7.86. The number of halogens is 1. The molecule has 1 aromatic rings. The molecular weight excluding hydrogens is 427 g/mol. The van der Waals surface area contributed by atoms with Crippen molar-refractivity contribution < 1.29 is 4.79 Å². The van der Waals surface area contributed by atoms with Crippen molar-refractivity contribution in [2.45, 2.75) is 53.5 Å². The Morgan fingerprint density at radius 3 is 2.60 bits per heavy atom. The SMILES string of the molecule is CCCC(=O)Nc1cccc(CN=C(NCC)NCCC(C)C)c1.I. The van der Waals surface area contributed by atoms with E-state index in [0.717, 1.165) is 43.1 Å². The van der Waals surface area contributed by atoms with Gasteiger partial charge >= 0.3 is 0 Å². The van der Waals surface area contributed by atoms with Gasteiger partial charge < -0.3 is 16.0 Å². The van der Waals surface area contributed by atoms with E-state index >= 15 is 0 Å². The third-order valence-electron chi connectivity index (χ3n) is 3.47. The van der Waals surface area contributed by atoms with Crippen LogP contribution in [0.25, 0.3) is 0 Å². The second kappa shape index (κ2) is 13.9. The molecule has 0 aliphatic rings. The van der Waals surface area contributed by atoms with Crippen molar-refractivity contribution in [3.63, 3.8) is 0 Å². The Balaban J connectivity index is 0.00000576. The lowest BCUT2D eigenvalue weighted by atomic mass is 10.1. The first-order valence-electron chi connectivity index (χ1n) is 8.96. The number of nitrogens with one attached hydrogen (secondary N) is 3. The summed E-state index contributed by atoms with van der Waals surface area (Å²) >= 11 is 0. The maximum absolute atomic E-state index is 11.7. The fourth-order valence-corrected chi connectivity index (χ4v) is 2.19. The Morgan fingerprint density at radius 1 is 1.20 bits per heavy atom. The Hall–Kier alpha value is -1.31. The van der Waals surface area contributed by atoms with E-state index in [-0.39, 0.29) is 29.9 Å². The predicted octanol–water partition coefficient (Wildman–Crippen LogP) is 4.14. The van der Waals surface area contributed by atoms with Crippen LogP contribution in [0.4, 0.5) is 5.69 Å². The minimum atomic E-state index is 0. The molecule has 0 aliphatic heterocycles. The van der Waals surface area contributed by atoms with E-state index in [0.29, 0.717) is 18.9 Å². The number of hydrogen-bond donors (Lipinski definition) is 3. The molecule has 5 nitrogen and oxygen atoms in total. The number of rotatable bonds is 9. The van der Waals surface area contributed by atoms with Crippen molar-refractivity contribution in [2.75, 3.05) is 18.4 Å². The summed E-state index contributed by atoms with van der Waals surface area (Å²) in [4.78, 5) is 16.3. The first kappa shape index (κ1) is 23.7. The minimum Gasteiger partial charge on any atom is -0.357 e. The second-order valence-corrected chi connectivity index (χ2v) is 6.30. The zero-order valence-electron chi connectivity index (χ0n) is 15.9. The van der Waals surface area contributed by atoms with Crippen LogP contribution >= 0.6 is 24.0 Å². The van der Waals surface area contributed by atoms with Crippen molar-refractivity contribution in [3.05, 3.63) is 29.8 Å². The Labute approximate surface area is 169 Å². The van der Waals surface area contributed by atoms with Crippen molar-refractivity contribution in [1.29, 1.82) is 0 Å². The van der Waals surface area contributed by atoms with Crippen LogP contribution in [0.5, 0.6) is 0 Å². The van der Waals surface area contributed by atoms with Gasteiger partial charge in [-0.25, -0.2) is 4.99 Å². The van der Waals surface area contributed by atoms with Crippen LogP contribution in [0.2, 0.25) is 0 Å². The third kappa shape index (κ3) is 11.0. The van der Waals surface area contributed by atoms with Crippen LogP contribution in [-0.4, -0.2) is 25.0 Å². The molecule has 1 rings (SSSR count). The lowest BCUT2D eigenvalue weighted by Gasteiger charge is -2.12. The largest absolute Gasteiger partial charge is 0.357 e. The Bertz CT molecular complexity index is 532. The van der Waals surface area contributed by atoms with Crippen molar-refractivity contribution in [3.8, 4) is 0 Å². The summed E-state index contributed by atoms with van der Waals surface area (Å²) in [5, 5.41) is 9.54. The van der Waals surface area contributed by atoms with Gasteiger partial charge in [0.05, 0.1) is 6.54 Å². The van der Waals surface area contributed by atoms with Gasteiger partial charge in [0.1, 0.15) is 0 Å². The number of benzene rings is 1. The molecule has 0 heterocycles. The van der Waals surface area contributed by atoms with Gasteiger partial charge in [-0.2, -0.15) is 0 Å². The number of nitrogens with zero attached hydrogens (tertiary/aromatic N) is 1. The molecule has 1 aromatic carbocycles. The van der Waals surface area contributed by atoms with Crippen molar-refractivity contribution in [1.82, 2.24) is 10.6 Å². The van der Waals surface area contributed by atoms with E-state index in [1.807, 2.05) is 31.2 Å². The van der Waals surface area contributed by atoms with Gasteiger partial charge in [0.25, 0.3) is 0 Å². The van der Waals surface area contributed by atoms with Crippen LogP contribution < -0.4 is 16.0 Å². The molecule has 25 heavy (non-hydrogen) atoms. The van der Waals surface area contributed by atoms with Crippen molar-refractivity contribution >= 4 is 41.5 Å². The maximum Gasteiger partial charge on any atom is 0.224 e. The van der Waals surface area contributed by atoms with E-state index in [1.54, 1.807) is 0 Å². The topological polar surface area (TPSA) is 65.5 Å². The number of hydrogen-bond acceptors (Lipinski definition) is 2. The van der Waals surface area contributed by atoms with Crippen LogP contribution in [0.1, 0.15) is 52.5 Å². The molecule has 0 saturated heterocycles. The quantitative estimate of drug-likeness (QED) is 0.295. The van der Waals surface area contributed by atoms with Crippen LogP contribution in [-0.2, 0) is 11.3 Å². The van der Waals surface area contributed by atoms with Crippen molar-refractivity contribution in [2.24, 2.45) is 10.9 Å². The zero-order valence-corrected chi connectivity index (χ0v) is 18.2. The number of anilines is 1. The van der Waals surface area contributed by atoms with Gasteiger partial charge in [0, 0.05) is 25.2 Å². The van der Waals surface area contributed by atoms with E-state index in [2.05, 4.69) is 41.7 Å². The number of carbonyl (C=O) groups excluding carboxylic acids is 1. The van der Waals surface area contributed by atoms with Gasteiger partial charge in [-0.15, -0.1) is 24.0 Å². The molecule has 0 atom stereocenters. The molecule has 0 bridgehead atoms. The molecule has 6 heteroatoms. The molecule has 0 aromatic heterocycles. The summed E-state index contributed by atoms with van der Waals surface area (Å²) in [6.07, 6.45) is 2.51. The molecule has 0 saturated carbocycles.